The highest BCUT2D eigenvalue weighted by atomic mass is 32.2. The predicted octanol–water partition coefficient (Wildman–Crippen LogP) is 2.89. The Balaban J connectivity index is 2.35. The molecule has 1 aliphatic rings. The lowest BCUT2D eigenvalue weighted by Gasteiger charge is -2.22. The van der Waals surface area contributed by atoms with E-state index in [1.807, 2.05) is 42.5 Å². The highest BCUT2D eigenvalue weighted by Crippen LogP contribution is 2.34. The maximum absolute atomic E-state index is 12.2. The molecule has 0 unspecified atom stereocenters. The Morgan fingerprint density at radius 3 is 2.26 bits per heavy atom. The van der Waals surface area contributed by atoms with E-state index in [9.17, 15) is 9.59 Å². The third-order valence-electron chi connectivity index (χ3n) is 3.55. The molecule has 3 atom stereocenters. The van der Waals surface area contributed by atoms with E-state index in [0.717, 1.165) is 17.1 Å². The summed E-state index contributed by atoms with van der Waals surface area (Å²) in [5.74, 6) is 0.890. The van der Waals surface area contributed by atoms with Crippen molar-refractivity contribution in [1.29, 1.82) is 0 Å². The molecule has 2 rings (SSSR count). The maximum atomic E-state index is 12.2. The van der Waals surface area contributed by atoms with Gasteiger partial charge in [0.1, 0.15) is 10.5 Å². The van der Waals surface area contributed by atoms with Crippen molar-refractivity contribution in [1.82, 2.24) is 0 Å². The fourth-order valence-corrected chi connectivity index (χ4v) is 4.78. The quantitative estimate of drug-likeness (QED) is 0.616. The first kappa shape index (κ1) is 17.9. The Kier molecular flexibility index (Phi) is 7.05. The number of benzene rings is 1. The molecule has 0 aliphatic carbocycles. The monoisotopic (exact) mass is 352 g/mol. The zero-order chi connectivity index (χ0) is 16.7. The standard InChI is InChI=1S/C17H20O4S2/c1-20-16(18)14-9-8-13(12-6-4-3-5-7-12)15(17(19)21-2)23-11-10-22-14/h3-9,13-15H,10-11H2,1-2H3/b9-8+/t13-,14+,15+/m0/s1. The molecule has 0 fully saturated rings. The number of methoxy groups -OCH3 is 2. The summed E-state index contributed by atoms with van der Waals surface area (Å²) in [4.78, 5) is 24.1. The van der Waals surface area contributed by atoms with Crippen LogP contribution < -0.4 is 0 Å². The van der Waals surface area contributed by atoms with Crippen LogP contribution in [0.2, 0.25) is 0 Å². The van der Waals surface area contributed by atoms with E-state index in [0.29, 0.717) is 0 Å². The fraction of sp³-hybridized carbons (Fsp3) is 0.412. The van der Waals surface area contributed by atoms with E-state index >= 15 is 0 Å². The Bertz CT molecular complexity index is 559. The number of carbonyl (C=O) groups is 2. The van der Waals surface area contributed by atoms with Crippen LogP contribution in [-0.2, 0) is 19.1 Å². The largest absolute Gasteiger partial charge is 0.468 e. The Morgan fingerprint density at radius 1 is 0.957 bits per heavy atom. The molecule has 0 amide bonds. The van der Waals surface area contributed by atoms with Crippen LogP contribution in [0.1, 0.15) is 11.5 Å². The van der Waals surface area contributed by atoms with E-state index < -0.39 is 0 Å². The van der Waals surface area contributed by atoms with Gasteiger partial charge in [0, 0.05) is 17.4 Å². The molecule has 0 aromatic heterocycles. The molecule has 0 spiro atoms. The van der Waals surface area contributed by atoms with Gasteiger partial charge in [-0.2, -0.15) is 0 Å². The summed E-state index contributed by atoms with van der Waals surface area (Å²) in [6.07, 6.45) is 3.78. The number of allylic oxidation sites excluding steroid dienone is 1. The van der Waals surface area contributed by atoms with E-state index in [4.69, 9.17) is 9.47 Å². The average molecular weight is 352 g/mol. The van der Waals surface area contributed by atoms with Crippen LogP contribution in [0.25, 0.3) is 0 Å². The summed E-state index contributed by atoms with van der Waals surface area (Å²) in [7, 11) is 2.80. The van der Waals surface area contributed by atoms with E-state index in [2.05, 4.69) is 0 Å². The van der Waals surface area contributed by atoms with E-state index in [1.165, 1.54) is 26.0 Å². The van der Waals surface area contributed by atoms with Crippen LogP contribution in [0.4, 0.5) is 0 Å². The van der Waals surface area contributed by atoms with Crippen molar-refractivity contribution in [2.45, 2.75) is 16.4 Å². The highest BCUT2D eigenvalue weighted by molar-refractivity contribution is 8.04. The number of rotatable bonds is 3. The third kappa shape index (κ3) is 4.78. The van der Waals surface area contributed by atoms with Crippen LogP contribution >= 0.6 is 23.5 Å². The summed E-state index contributed by atoms with van der Waals surface area (Å²) in [6, 6.07) is 9.81. The van der Waals surface area contributed by atoms with E-state index in [-0.39, 0.29) is 28.4 Å². The number of hydrogen-bond donors (Lipinski definition) is 0. The summed E-state index contributed by atoms with van der Waals surface area (Å²) in [5, 5.41) is -0.668. The molecular formula is C17H20O4S2. The van der Waals surface area contributed by atoms with Gasteiger partial charge < -0.3 is 9.47 Å². The molecular weight excluding hydrogens is 332 g/mol. The van der Waals surface area contributed by atoms with Crippen molar-refractivity contribution < 1.29 is 19.1 Å². The van der Waals surface area contributed by atoms with Gasteiger partial charge in [-0.25, -0.2) is 0 Å². The van der Waals surface area contributed by atoms with Gasteiger partial charge in [-0.3, -0.25) is 9.59 Å². The van der Waals surface area contributed by atoms with Gasteiger partial charge >= 0.3 is 11.9 Å². The molecule has 1 heterocycles. The van der Waals surface area contributed by atoms with Gasteiger partial charge in [0.25, 0.3) is 0 Å². The lowest BCUT2D eigenvalue weighted by molar-refractivity contribution is -0.140. The lowest BCUT2D eigenvalue weighted by atomic mass is 9.94. The smallest absolute Gasteiger partial charge is 0.322 e. The van der Waals surface area contributed by atoms with Gasteiger partial charge in [0.2, 0.25) is 0 Å². The van der Waals surface area contributed by atoms with Crippen molar-refractivity contribution >= 4 is 35.5 Å². The molecule has 4 nitrogen and oxygen atoms in total. The molecule has 0 radical (unpaired) electrons. The summed E-state index contributed by atoms with van der Waals surface area (Å²) < 4.78 is 9.84. The van der Waals surface area contributed by atoms with Crippen molar-refractivity contribution in [3.05, 3.63) is 48.0 Å². The molecule has 0 saturated carbocycles. The van der Waals surface area contributed by atoms with Gasteiger partial charge in [0.15, 0.2) is 0 Å². The molecule has 124 valence electrons. The highest BCUT2D eigenvalue weighted by Gasteiger charge is 2.31. The first-order valence-corrected chi connectivity index (χ1v) is 9.39. The minimum Gasteiger partial charge on any atom is -0.468 e. The zero-order valence-corrected chi connectivity index (χ0v) is 14.8. The Hall–Kier alpha value is -1.40. The second-order valence-corrected chi connectivity index (χ2v) is 7.45. The Labute approximate surface area is 145 Å². The average Bonchev–Trinajstić information content (AvgIpc) is 2.71. The number of ether oxygens (including phenoxy) is 2. The molecule has 1 aromatic carbocycles. The first-order chi connectivity index (χ1) is 11.2. The molecule has 1 aliphatic heterocycles. The van der Waals surface area contributed by atoms with Crippen LogP contribution in [0.5, 0.6) is 0 Å². The van der Waals surface area contributed by atoms with Gasteiger partial charge in [0.05, 0.1) is 14.2 Å². The second-order valence-electron chi connectivity index (χ2n) is 4.95. The van der Waals surface area contributed by atoms with Crippen molar-refractivity contribution in [2.75, 3.05) is 25.7 Å². The van der Waals surface area contributed by atoms with Gasteiger partial charge in [-0.1, -0.05) is 42.5 Å². The SMILES string of the molecule is COC(=O)[C@H]1/C=C/[C@@H](c2ccccc2)[C@H](C(=O)OC)SCCS1. The van der Waals surface area contributed by atoms with Crippen LogP contribution in [0.3, 0.4) is 0 Å². The number of carbonyl (C=O) groups excluding carboxylic acids is 2. The fourth-order valence-electron chi connectivity index (χ4n) is 2.39. The summed E-state index contributed by atoms with van der Waals surface area (Å²) in [6.45, 7) is 0. The van der Waals surface area contributed by atoms with Gasteiger partial charge in [-0.05, 0) is 5.56 Å². The van der Waals surface area contributed by atoms with Crippen molar-refractivity contribution in [3.63, 3.8) is 0 Å². The minimum absolute atomic E-state index is 0.139. The maximum Gasteiger partial charge on any atom is 0.322 e. The third-order valence-corrected chi connectivity index (χ3v) is 6.24. The number of esters is 2. The van der Waals surface area contributed by atoms with Gasteiger partial charge in [-0.15, -0.1) is 23.5 Å². The van der Waals surface area contributed by atoms with Crippen molar-refractivity contribution in [2.24, 2.45) is 0 Å². The Morgan fingerprint density at radius 2 is 1.61 bits per heavy atom. The number of hydrogen-bond acceptors (Lipinski definition) is 6. The predicted molar refractivity (Wildman–Crippen MR) is 94.8 cm³/mol. The lowest BCUT2D eigenvalue weighted by Crippen LogP contribution is -2.26. The van der Waals surface area contributed by atoms with E-state index in [1.54, 1.807) is 11.8 Å². The summed E-state index contributed by atoms with van der Waals surface area (Å²) in [5.41, 5.74) is 1.03. The van der Waals surface area contributed by atoms with Crippen LogP contribution in [0, 0.1) is 0 Å². The molecule has 0 saturated heterocycles. The van der Waals surface area contributed by atoms with Crippen LogP contribution in [0.15, 0.2) is 42.5 Å². The minimum atomic E-state index is -0.344. The van der Waals surface area contributed by atoms with Crippen molar-refractivity contribution in [3.8, 4) is 0 Å². The molecule has 23 heavy (non-hydrogen) atoms. The second kappa shape index (κ2) is 9.03. The normalized spacial score (nSPS) is 26.3. The molecule has 1 aromatic rings. The molecule has 0 bridgehead atoms. The topological polar surface area (TPSA) is 52.6 Å². The first-order valence-electron chi connectivity index (χ1n) is 7.29. The number of thioether (sulfide) groups is 2. The zero-order valence-electron chi connectivity index (χ0n) is 13.1. The van der Waals surface area contributed by atoms with Crippen LogP contribution in [-0.4, -0.2) is 48.2 Å². The summed E-state index contributed by atoms with van der Waals surface area (Å²) >= 11 is 3.10. The molecule has 0 N–H and O–H groups in total. The molecule has 6 heteroatoms.